The summed E-state index contributed by atoms with van der Waals surface area (Å²) in [7, 11) is 0. The number of hydrogen-bond donors (Lipinski definition) is 0. The Kier molecular flexibility index (Phi) is 362. The maximum atomic E-state index is 0. The molecule has 0 aliphatic carbocycles. The molecule has 47 valence electrons. The summed E-state index contributed by atoms with van der Waals surface area (Å²) >= 11 is 0. The summed E-state index contributed by atoms with van der Waals surface area (Å²) in [6, 6.07) is 0. The number of hydrogen-bond acceptors (Lipinski definition) is 0. The van der Waals surface area contributed by atoms with Crippen LogP contribution >= 0.6 is 0 Å². The largest absolute Gasteiger partial charge is 0.187 e. The molecular formula is H3AlCu2NiTaTi. The van der Waals surface area contributed by atoms with Crippen LogP contribution in [0.4, 0.5) is 0 Å². The van der Waals surface area contributed by atoms with Crippen molar-refractivity contribution in [1.29, 1.82) is 0 Å². The van der Waals surface area contributed by atoms with Gasteiger partial charge in [-0.3, -0.25) is 0 Å². The molecule has 0 aromatic heterocycles. The molecule has 0 spiro atoms. The van der Waals surface area contributed by atoms with Crippen LogP contribution in [0.25, 0.3) is 0 Å². The smallest absolute Gasteiger partial charge is 0 e. The summed E-state index contributed by atoms with van der Waals surface area (Å²) in [5.41, 5.74) is 0. The Morgan fingerprint density at radius 2 is 0.833 bits per heavy atom. The van der Waals surface area contributed by atoms with E-state index in [2.05, 4.69) is 0 Å². The topological polar surface area (TPSA) is 0 Å². The predicted molar refractivity (Wildman–Crippen MR) is 9.94 cm³/mol. The zero-order valence-corrected chi connectivity index (χ0v) is 9.51. The molecule has 0 rings (SSSR count). The van der Waals surface area contributed by atoms with Crippen LogP contribution in [0.1, 0.15) is 0 Å². The molecule has 0 bridgehead atoms. The summed E-state index contributed by atoms with van der Waals surface area (Å²) in [4.78, 5) is 0. The van der Waals surface area contributed by atoms with Crippen LogP contribution in [-0.2, 0) is 94.7 Å². The predicted octanol–water partition coefficient (Wildman–Crippen LogP) is -1.20. The van der Waals surface area contributed by atoms with Crippen LogP contribution in [-0.4, -0.2) is 17.4 Å². The molecule has 6 heavy (non-hydrogen) atoms. The second-order valence-corrected chi connectivity index (χ2v) is 0. The zero-order chi connectivity index (χ0) is 0. The third-order valence-corrected chi connectivity index (χ3v) is 0. The van der Waals surface area contributed by atoms with Gasteiger partial charge in [0.15, 0.2) is 17.4 Å². The Bertz CT molecular complexity index is 13.5. The van der Waals surface area contributed by atoms with Crippen molar-refractivity contribution in [2.24, 2.45) is 0 Å². The third-order valence-electron chi connectivity index (χ3n) is 0. The first-order chi connectivity index (χ1) is 0. The minimum Gasteiger partial charge on any atom is 0 e. The quantitative estimate of drug-likeness (QED) is 0.412. The van der Waals surface area contributed by atoms with E-state index in [9.17, 15) is 0 Å². The second-order valence-electron chi connectivity index (χ2n) is 0. The average molecular weight is 445 g/mol. The molecule has 0 unspecified atom stereocenters. The molecule has 0 saturated carbocycles. The van der Waals surface area contributed by atoms with Gasteiger partial charge in [-0.2, -0.15) is 0 Å². The van der Waals surface area contributed by atoms with Crippen LogP contribution < -0.4 is 0 Å². The van der Waals surface area contributed by atoms with E-state index in [0.29, 0.717) is 0 Å². The Hall–Kier alpha value is 3.52. The SMILES string of the molecule is [AlH3].[Cu].[Cu].[Ni].[Ta].[Ti]. The molecule has 6 heteroatoms. The summed E-state index contributed by atoms with van der Waals surface area (Å²) in [6.07, 6.45) is 0. The molecule has 0 aromatic carbocycles. The standard InChI is InChI=1S/Al.2Cu.Ni.Ta.Ti.3H. The van der Waals surface area contributed by atoms with Gasteiger partial charge in [0.05, 0.1) is 0 Å². The van der Waals surface area contributed by atoms with Gasteiger partial charge in [-0.1, -0.05) is 0 Å². The molecule has 0 fully saturated rings. The summed E-state index contributed by atoms with van der Waals surface area (Å²) < 4.78 is 0. The first-order valence-corrected chi connectivity index (χ1v) is 0. The Balaban J connectivity index is 0. The Labute approximate surface area is 110 Å². The Morgan fingerprint density at radius 1 is 0.833 bits per heavy atom. The maximum Gasteiger partial charge on any atom is 0.187 e. The van der Waals surface area contributed by atoms with Crippen molar-refractivity contribution in [3.63, 3.8) is 0 Å². The number of rotatable bonds is 0. The molecule has 0 nitrogen and oxygen atoms in total. The van der Waals surface area contributed by atoms with E-state index >= 15 is 0 Å². The van der Waals surface area contributed by atoms with Gasteiger partial charge in [-0.05, 0) is 0 Å². The van der Waals surface area contributed by atoms with E-state index in [1.54, 1.807) is 0 Å². The first kappa shape index (κ1) is 55.8. The molecule has 0 amide bonds. The molecule has 0 saturated heterocycles. The normalized spacial score (nSPS) is 0. The fraction of sp³-hybridized carbons (Fsp3) is 0. The minimum atomic E-state index is 0. The van der Waals surface area contributed by atoms with Crippen LogP contribution in [0.5, 0.6) is 0 Å². The molecule has 0 aromatic rings. The summed E-state index contributed by atoms with van der Waals surface area (Å²) in [6.45, 7) is 0. The molecule has 0 N–H and O–H groups in total. The Morgan fingerprint density at radius 3 is 0.833 bits per heavy atom. The van der Waals surface area contributed by atoms with Crippen molar-refractivity contribution in [2.75, 3.05) is 0 Å². The molecule has 0 heterocycles. The molecule has 0 aliphatic rings. The van der Waals surface area contributed by atoms with Gasteiger partial charge in [0, 0.05) is 94.7 Å². The van der Waals surface area contributed by atoms with Crippen LogP contribution in [0, 0.1) is 0 Å². The zero-order valence-electron chi connectivity index (χ0n) is 1.87. The van der Waals surface area contributed by atoms with E-state index in [4.69, 9.17) is 0 Å². The van der Waals surface area contributed by atoms with Crippen molar-refractivity contribution in [3.05, 3.63) is 0 Å². The summed E-state index contributed by atoms with van der Waals surface area (Å²) in [5, 5.41) is 0. The second kappa shape index (κ2) is 38.9. The third kappa shape index (κ3) is 25.8. The van der Waals surface area contributed by atoms with Crippen molar-refractivity contribution in [2.45, 2.75) is 0 Å². The molecule has 0 aliphatic heterocycles. The van der Waals surface area contributed by atoms with Crippen LogP contribution in [0.15, 0.2) is 0 Å². The van der Waals surface area contributed by atoms with E-state index in [0.717, 1.165) is 0 Å². The maximum absolute atomic E-state index is 0. The minimum absolute atomic E-state index is 0. The first-order valence-electron chi connectivity index (χ1n) is 0. The van der Waals surface area contributed by atoms with Gasteiger partial charge >= 0.3 is 0 Å². The van der Waals surface area contributed by atoms with Crippen molar-refractivity contribution < 1.29 is 94.7 Å². The van der Waals surface area contributed by atoms with Crippen molar-refractivity contribution in [1.82, 2.24) is 0 Å². The molecule has 3 radical (unpaired) electrons. The van der Waals surface area contributed by atoms with Gasteiger partial charge in [0.2, 0.25) is 0 Å². The molecule has 0 atom stereocenters. The van der Waals surface area contributed by atoms with Crippen LogP contribution in [0.3, 0.4) is 0 Å². The van der Waals surface area contributed by atoms with E-state index in [-0.39, 0.29) is 112 Å². The van der Waals surface area contributed by atoms with Gasteiger partial charge in [-0.15, -0.1) is 0 Å². The fourth-order valence-electron chi connectivity index (χ4n) is 0. The molecular weight excluding hydrogens is 442 g/mol. The van der Waals surface area contributed by atoms with E-state index in [1.807, 2.05) is 0 Å². The summed E-state index contributed by atoms with van der Waals surface area (Å²) in [5.74, 6) is 0. The fourth-order valence-corrected chi connectivity index (χ4v) is 0. The average Bonchev–Trinajstić information content (AvgIpc) is 0. The van der Waals surface area contributed by atoms with E-state index < -0.39 is 0 Å². The van der Waals surface area contributed by atoms with Crippen molar-refractivity contribution in [3.8, 4) is 0 Å². The van der Waals surface area contributed by atoms with Gasteiger partial charge in [0.25, 0.3) is 0 Å². The van der Waals surface area contributed by atoms with Gasteiger partial charge in [0.1, 0.15) is 0 Å². The van der Waals surface area contributed by atoms with Crippen molar-refractivity contribution >= 4 is 17.4 Å². The monoisotopic (exact) mass is 443 g/mol. The van der Waals surface area contributed by atoms with Crippen LogP contribution in [0.2, 0.25) is 0 Å². The van der Waals surface area contributed by atoms with Gasteiger partial charge < -0.3 is 0 Å². The van der Waals surface area contributed by atoms with Gasteiger partial charge in [-0.25, -0.2) is 0 Å². The van der Waals surface area contributed by atoms with E-state index in [1.165, 1.54) is 0 Å².